The smallest absolute Gasteiger partial charge is 0.317 e. The molecule has 0 aliphatic rings. The van der Waals surface area contributed by atoms with Crippen LogP contribution in [0.5, 0.6) is 0 Å². The molecule has 0 bridgehead atoms. The lowest BCUT2D eigenvalue weighted by molar-refractivity contribution is 0.203. The molecule has 1 heterocycles. The Hall–Kier alpha value is -1.86. The first-order valence-electron chi connectivity index (χ1n) is 8.26. The Morgan fingerprint density at radius 2 is 1.80 bits per heavy atom. The molecule has 2 aromatic rings. The van der Waals surface area contributed by atoms with Crippen LogP contribution >= 0.6 is 11.3 Å². The van der Waals surface area contributed by atoms with Crippen molar-refractivity contribution in [2.45, 2.75) is 30.9 Å². The Kier molecular flexibility index (Phi) is 6.61. The molecule has 0 fully saturated rings. The largest absolute Gasteiger partial charge is 0.336 e. The molecule has 5 nitrogen and oxygen atoms in total. The molecule has 1 atom stereocenters. The van der Waals surface area contributed by atoms with Gasteiger partial charge in [0.25, 0.3) is 0 Å². The van der Waals surface area contributed by atoms with Crippen LogP contribution < -0.4 is 5.32 Å². The van der Waals surface area contributed by atoms with Gasteiger partial charge < -0.3 is 10.2 Å². The van der Waals surface area contributed by atoms with Gasteiger partial charge in [0, 0.05) is 24.5 Å². The van der Waals surface area contributed by atoms with Crippen LogP contribution in [0.15, 0.2) is 46.7 Å². The summed E-state index contributed by atoms with van der Waals surface area (Å²) in [6.07, 6.45) is 0. The van der Waals surface area contributed by atoms with Crippen LogP contribution in [0.2, 0.25) is 0 Å². The number of carbonyl (C=O) groups is 1. The van der Waals surface area contributed by atoms with Crippen molar-refractivity contribution < 1.29 is 13.2 Å². The number of hydrogen-bond acceptors (Lipinski definition) is 4. The fraction of sp³-hybridized carbons (Fsp3) is 0.389. The molecule has 1 N–H and O–H groups in total. The molecule has 2 rings (SSSR count). The molecule has 1 aromatic heterocycles. The SMILES string of the molecule is CCN(CC)C(=O)NCC(c1cccs1)S(=O)(=O)c1ccc(C)cc1. The summed E-state index contributed by atoms with van der Waals surface area (Å²) in [7, 11) is -3.60. The van der Waals surface area contributed by atoms with E-state index in [-0.39, 0.29) is 17.5 Å². The molecular weight excluding hydrogens is 356 g/mol. The summed E-state index contributed by atoms with van der Waals surface area (Å²) in [5.74, 6) is 0. The maximum absolute atomic E-state index is 13.1. The third-order valence-electron chi connectivity index (χ3n) is 4.07. The quantitative estimate of drug-likeness (QED) is 0.798. The number of amides is 2. The normalized spacial score (nSPS) is 12.6. The lowest BCUT2D eigenvalue weighted by Crippen LogP contribution is -2.42. The van der Waals surface area contributed by atoms with E-state index in [2.05, 4.69) is 5.32 Å². The number of nitrogens with zero attached hydrogens (tertiary/aromatic N) is 1. The van der Waals surface area contributed by atoms with Gasteiger partial charge in [-0.25, -0.2) is 13.2 Å². The monoisotopic (exact) mass is 380 g/mol. The number of nitrogens with one attached hydrogen (secondary N) is 1. The maximum Gasteiger partial charge on any atom is 0.317 e. The third-order valence-corrected chi connectivity index (χ3v) is 7.31. The average Bonchev–Trinajstić information content (AvgIpc) is 3.10. The first-order valence-corrected chi connectivity index (χ1v) is 10.7. The predicted molar refractivity (Wildman–Crippen MR) is 102 cm³/mol. The molecule has 136 valence electrons. The number of urea groups is 1. The van der Waals surface area contributed by atoms with E-state index in [4.69, 9.17) is 0 Å². The van der Waals surface area contributed by atoms with Crippen LogP contribution in [-0.4, -0.2) is 39.0 Å². The molecular formula is C18H24N2O3S2. The standard InChI is InChI=1S/C18H24N2O3S2/c1-4-20(5-2)18(21)19-13-17(16-7-6-12-24-16)25(22,23)15-10-8-14(3)9-11-15/h6-12,17H,4-5,13H2,1-3H3,(H,19,21). The van der Waals surface area contributed by atoms with Gasteiger partial charge in [-0.05, 0) is 44.4 Å². The zero-order valence-electron chi connectivity index (χ0n) is 14.7. The lowest BCUT2D eigenvalue weighted by Gasteiger charge is -2.22. The Bertz CT molecular complexity index is 780. The number of aryl methyl sites for hydroxylation is 1. The van der Waals surface area contributed by atoms with Gasteiger partial charge >= 0.3 is 6.03 Å². The van der Waals surface area contributed by atoms with E-state index in [0.717, 1.165) is 10.4 Å². The molecule has 0 saturated heterocycles. The molecule has 0 saturated carbocycles. The highest BCUT2D eigenvalue weighted by Crippen LogP contribution is 2.31. The van der Waals surface area contributed by atoms with E-state index >= 15 is 0 Å². The topological polar surface area (TPSA) is 66.5 Å². The van der Waals surface area contributed by atoms with Gasteiger partial charge in [-0.1, -0.05) is 23.8 Å². The predicted octanol–water partition coefficient (Wildman–Crippen LogP) is 3.62. The number of rotatable bonds is 7. The van der Waals surface area contributed by atoms with Crippen LogP contribution in [0.3, 0.4) is 0 Å². The summed E-state index contributed by atoms with van der Waals surface area (Å²) < 4.78 is 26.2. The third kappa shape index (κ3) is 4.61. The number of thiophene rings is 1. The van der Waals surface area contributed by atoms with E-state index in [9.17, 15) is 13.2 Å². The molecule has 1 aromatic carbocycles. The Balaban J connectivity index is 2.28. The molecule has 0 radical (unpaired) electrons. The zero-order chi connectivity index (χ0) is 18.4. The molecule has 1 unspecified atom stereocenters. The highest BCUT2D eigenvalue weighted by atomic mass is 32.2. The van der Waals surface area contributed by atoms with E-state index in [1.165, 1.54) is 11.3 Å². The Morgan fingerprint density at radius 1 is 1.16 bits per heavy atom. The molecule has 25 heavy (non-hydrogen) atoms. The van der Waals surface area contributed by atoms with E-state index < -0.39 is 15.1 Å². The Morgan fingerprint density at radius 3 is 2.32 bits per heavy atom. The minimum atomic E-state index is -3.60. The fourth-order valence-electron chi connectivity index (χ4n) is 2.53. The minimum Gasteiger partial charge on any atom is -0.336 e. The zero-order valence-corrected chi connectivity index (χ0v) is 16.4. The first kappa shape index (κ1) is 19.5. The number of sulfone groups is 1. The second kappa shape index (κ2) is 8.49. The highest BCUT2D eigenvalue weighted by molar-refractivity contribution is 7.91. The van der Waals surface area contributed by atoms with Crippen molar-refractivity contribution in [2.24, 2.45) is 0 Å². The van der Waals surface area contributed by atoms with Gasteiger partial charge in [-0.3, -0.25) is 0 Å². The Labute approximate surface area is 153 Å². The van der Waals surface area contributed by atoms with E-state index in [0.29, 0.717) is 13.1 Å². The van der Waals surface area contributed by atoms with E-state index in [1.807, 2.05) is 32.2 Å². The summed E-state index contributed by atoms with van der Waals surface area (Å²) in [5.41, 5.74) is 1.00. The van der Waals surface area contributed by atoms with Crippen LogP contribution in [0, 0.1) is 6.92 Å². The van der Waals surface area contributed by atoms with Crippen LogP contribution in [0.25, 0.3) is 0 Å². The summed E-state index contributed by atoms with van der Waals surface area (Å²) in [6.45, 7) is 6.91. The minimum absolute atomic E-state index is 0.0477. The molecule has 0 aliphatic carbocycles. The second-order valence-corrected chi connectivity index (χ2v) is 8.83. The summed E-state index contributed by atoms with van der Waals surface area (Å²) >= 11 is 1.38. The second-order valence-electron chi connectivity index (χ2n) is 5.72. The van der Waals surface area contributed by atoms with Crippen molar-refractivity contribution in [3.8, 4) is 0 Å². The number of hydrogen-bond donors (Lipinski definition) is 1. The van der Waals surface area contributed by atoms with Crippen LogP contribution in [0.1, 0.15) is 29.5 Å². The van der Waals surface area contributed by atoms with Gasteiger partial charge in [-0.2, -0.15) is 0 Å². The van der Waals surface area contributed by atoms with Crippen molar-refractivity contribution in [1.29, 1.82) is 0 Å². The van der Waals surface area contributed by atoms with Crippen molar-refractivity contribution in [3.63, 3.8) is 0 Å². The molecule has 2 amide bonds. The van der Waals surface area contributed by atoms with Gasteiger partial charge in [0.05, 0.1) is 4.90 Å². The van der Waals surface area contributed by atoms with Crippen molar-refractivity contribution in [2.75, 3.05) is 19.6 Å². The maximum atomic E-state index is 13.1. The van der Waals surface area contributed by atoms with Crippen molar-refractivity contribution >= 4 is 27.2 Å². The van der Waals surface area contributed by atoms with Gasteiger partial charge in [0.1, 0.15) is 5.25 Å². The van der Waals surface area contributed by atoms with Crippen LogP contribution in [-0.2, 0) is 9.84 Å². The lowest BCUT2D eigenvalue weighted by atomic mass is 10.2. The highest BCUT2D eigenvalue weighted by Gasteiger charge is 2.30. The van der Waals surface area contributed by atoms with Crippen molar-refractivity contribution in [3.05, 3.63) is 52.2 Å². The molecule has 0 spiro atoms. The van der Waals surface area contributed by atoms with Gasteiger partial charge in [-0.15, -0.1) is 11.3 Å². The summed E-state index contributed by atoms with van der Waals surface area (Å²) in [4.78, 5) is 14.8. The van der Waals surface area contributed by atoms with E-state index in [1.54, 1.807) is 35.2 Å². The number of benzene rings is 1. The summed E-state index contributed by atoms with van der Waals surface area (Å²) in [6, 6.07) is 10.2. The van der Waals surface area contributed by atoms with Gasteiger partial charge in [0.2, 0.25) is 0 Å². The van der Waals surface area contributed by atoms with Crippen molar-refractivity contribution in [1.82, 2.24) is 10.2 Å². The van der Waals surface area contributed by atoms with Gasteiger partial charge in [0.15, 0.2) is 9.84 Å². The molecule has 7 heteroatoms. The molecule has 0 aliphatic heterocycles. The average molecular weight is 381 g/mol. The van der Waals surface area contributed by atoms with Crippen LogP contribution in [0.4, 0.5) is 4.79 Å². The fourth-order valence-corrected chi connectivity index (χ4v) is 5.32. The summed E-state index contributed by atoms with van der Waals surface area (Å²) in [5, 5.41) is 3.82. The first-order chi connectivity index (χ1) is 11.9. The number of carbonyl (C=O) groups excluding carboxylic acids is 1.